The van der Waals surface area contributed by atoms with Crippen molar-refractivity contribution in [2.24, 2.45) is 5.73 Å². The first-order chi connectivity index (χ1) is 9.65. The first-order valence-corrected chi connectivity index (χ1v) is 6.83. The van der Waals surface area contributed by atoms with E-state index in [-0.39, 0.29) is 12.1 Å². The normalized spacial score (nSPS) is 22.1. The lowest BCUT2D eigenvalue weighted by Crippen LogP contribution is -2.32. The van der Waals surface area contributed by atoms with E-state index in [2.05, 4.69) is 0 Å². The number of para-hydroxylation sites is 1. The topological polar surface area (TPSA) is 70.8 Å². The molecule has 0 aromatic heterocycles. The minimum atomic E-state index is -0.425. The highest BCUT2D eigenvalue weighted by atomic mass is 16.5. The Morgan fingerprint density at radius 1 is 1.20 bits per heavy atom. The fraction of sp³-hybridized carbons (Fsp3) is 0.533. The number of methoxy groups -OCH3 is 2. The van der Waals surface area contributed by atoms with Gasteiger partial charge in [-0.05, 0) is 37.8 Å². The number of ether oxygens (including phenoxy) is 3. The Morgan fingerprint density at radius 2 is 1.90 bits per heavy atom. The van der Waals surface area contributed by atoms with E-state index in [0.717, 1.165) is 25.7 Å². The highest BCUT2D eigenvalue weighted by molar-refractivity contribution is 5.93. The Hall–Kier alpha value is -1.75. The molecule has 5 heteroatoms. The average molecular weight is 279 g/mol. The quantitative estimate of drug-likeness (QED) is 0.855. The van der Waals surface area contributed by atoms with E-state index in [1.54, 1.807) is 25.3 Å². The zero-order valence-electron chi connectivity index (χ0n) is 11.9. The maximum absolute atomic E-state index is 11.8. The number of esters is 1. The molecule has 20 heavy (non-hydrogen) atoms. The van der Waals surface area contributed by atoms with Crippen LogP contribution in [0.2, 0.25) is 0 Å². The molecular formula is C15H21NO4. The summed E-state index contributed by atoms with van der Waals surface area (Å²) in [6, 6.07) is 5.45. The molecule has 0 spiro atoms. The summed E-state index contributed by atoms with van der Waals surface area (Å²) >= 11 is 0. The SMILES string of the molecule is COC(=O)c1cccc(OC)c1OC1CCC(N)CC1. The van der Waals surface area contributed by atoms with E-state index >= 15 is 0 Å². The standard InChI is InChI=1S/C15H21NO4/c1-18-13-5-3-4-12(15(17)19-2)14(13)20-11-8-6-10(16)7-9-11/h3-5,10-11H,6-9,16H2,1-2H3. The lowest BCUT2D eigenvalue weighted by atomic mass is 9.93. The highest BCUT2D eigenvalue weighted by Gasteiger charge is 2.24. The smallest absolute Gasteiger partial charge is 0.341 e. The van der Waals surface area contributed by atoms with E-state index in [1.165, 1.54) is 7.11 Å². The Bertz CT molecular complexity index is 467. The lowest BCUT2D eigenvalue weighted by molar-refractivity contribution is 0.0588. The third-order valence-electron chi connectivity index (χ3n) is 3.61. The van der Waals surface area contributed by atoms with Gasteiger partial charge in [0.1, 0.15) is 5.56 Å². The first kappa shape index (κ1) is 14.7. The van der Waals surface area contributed by atoms with Gasteiger partial charge in [0.15, 0.2) is 11.5 Å². The predicted octanol–water partition coefficient (Wildman–Crippen LogP) is 2.13. The number of hydrogen-bond donors (Lipinski definition) is 1. The van der Waals surface area contributed by atoms with Crippen LogP contribution in [0.15, 0.2) is 18.2 Å². The molecule has 2 N–H and O–H groups in total. The molecule has 1 aromatic rings. The average Bonchev–Trinajstić information content (AvgIpc) is 2.49. The number of nitrogens with two attached hydrogens (primary N) is 1. The van der Waals surface area contributed by atoms with Gasteiger partial charge in [0, 0.05) is 6.04 Å². The molecule has 0 bridgehead atoms. The number of rotatable bonds is 4. The fourth-order valence-electron chi connectivity index (χ4n) is 2.44. The zero-order valence-corrected chi connectivity index (χ0v) is 11.9. The van der Waals surface area contributed by atoms with Crippen molar-refractivity contribution in [1.82, 2.24) is 0 Å². The highest BCUT2D eigenvalue weighted by Crippen LogP contribution is 2.34. The van der Waals surface area contributed by atoms with Crippen LogP contribution in [0.3, 0.4) is 0 Å². The molecule has 0 heterocycles. The van der Waals surface area contributed by atoms with Crippen molar-refractivity contribution in [3.63, 3.8) is 0 Å². The van der Waals surface area contributed by atoms with Crippen molar-refractivity contribution < 1.29 is 19.0 Å². The molecule has 0 saturated heterocycles. The number of carbonyl (C=O) groups excluding carboxylic acids is 1. The van der Waals surface area contributed by atoms with Gasteiger partial charge in [-0.25, -0.2) is 4.79 Å². The second-order valence-corrected chi connectivity index (χ2v) is 4.98. The van der Waals surface area contributed by atoms with Crippen LogP contribution >= 0.6 is 0 Å². The molecule has 1 saturated carbocycles. The van der Waals surface area contributed by atoms with Crippen LogP contribution in [0.4, 0.5) is 0 Å². The summed E-state index contributed by atoms with van der Waals surface area (Å²) in [6.45, 7) is 0. The van der Waals surface area contributed by atoms with Gasteiger partial charge in [0.25, 0.3) is 0 Å². The van der Waals surface area contributed by atoms with Crippen molar-refractivity contribution in [3.8, 4) is 11.5 Å². The van der Waals surface area contributed by atoms with Crippen LogP contribution < -0.4 is 15.2 Å². The molecule has 110 valence electrons. The molecule has 0 atom stereocenters. The van der Waals surface area contributed by atoms with Crippen LogP contribution in [0.5, 0.6) is 11.5 Å². The molecule has 0 aliphatic heterocycles. The number of benzene rings is 1. The van der Waals surface area contributed by atoms with Gasteiger partial charge in [-0.3, -0.25) is 0 Å². The summed E-state index contributed by atoms with van der Waals surface area (Å²) in [6.07, 6.45) is 3.72. The minimum absolute atomic E-state index is 0.0644. The maximum Gasteiger partial charge on any atom is 0.341 e. The molecule has 1 aliphatic rings. The summed E-state index contributed by atoms with van der Waals surface area (Å²) < 4.78 is 16.1. The summed E-state index contributed by atoms with van der Waals surface area (Å²) in [7, 11) is 2.91. The molecular weight excluding hydrogens is 258 g/mol. The van der Waals surface area contributed by atoms with E-state index in [0.29, 0.717) is 17.1 Å². The second kappa shape index (κ2) is 6.61. The molecule has 1 aliphatic carbocycles. The number of hydrogen-bond acceptors (Lipinski definition) is 5. The molecule has 2 rings (SSSR count). The van der Waals surface area contributed by atoms with Gasteiger partial charge < -0.3 is 19.9 Å². The van der Waals surface area contributed by atoms with Gasteiger partial charge in [-0.2, -0.15) is 0 Å². The van der Waals surface area contributed by atoms with Crippen LogP contribution in [0, 0.1) is 0 Å². The van der Waals surface area contributed by atoms with Gasteiger partial charge >= 0.3 is 5.97 Å². The van der Waals surface area contributed by atoms with Crippen molar-refractivity contribution in [1.29, 1.82) is 0 Å². The zero-order chi connectivity index (χ0) is 14.5. The van der Waals surface area contributed by atoms with E-state index in [4.69, 9.17) is 19.9 Å². The van der Waals surface area contributed by atoms with Crippen LogP contribution in [-0.4, -0.2) is 32.3 Å². The van der Waals surface area contributed by atoms with Gasteiger partial charge in [-0.15, -0.1) is 0 Å². The molecule has 0 radical (unpaired) electrons. The number of carbonyl (C=O) groups is 1. The molecule has 1 fully saturated rings. The lowest BCUT2D eigenvalue weighted by Gasteiger charge is -2.28. The van der Waals surface area contributed by atoms with Crippen molar-refractivity contribution in [2.75, 3.05) is 14.2 Å². The van der Waals surface area contributed by atoms with Crippen molar-refractivity contribution in [2.45, 2.75) is 37.8 Å². The van der Waals surface area contributed by atoms with E-state index in [9.17, 15) is 4.79 Å². The van der Waals surface area contributed by atoms with Crippen LogP contribution in [-0.2, 0) is 4.74 Å². The van der Waals surface area contributed by atoms with Crippen LogP contribution in [0.25, 0.3) is 0 Å². The third-order valence-corrected chi connectivity index (χ3v) is 3.61. The van der Waals surface area contributed by atoms with Crippen molar-refractivity contribution >= 4 is 5.97 Å². The molecule has 0 unspecified atom stereocenters. The maximum atomic E-state index is 11.8. The monoisotopic (exact) mass is 279 g/mol. The molecule has 1 aromatic carbocycles. The molecule has 5 nitrogen and oxygen atoms in total. The summed E-state index contributed by atoms with van der Waals surface area (Å²) in [4.78, 5) is 11.8. The Labute approximate surface area is 119 Å². The van der Waals surface area contributed by atoms with Gasteiger partial charge in [0.05, 0.1) is 20.3 Å². The van der Waals surface area contributed by atoms with Gasteiger partial charge in [0.2, 0.25) is 0 Å². The third kappa shape index (κ3) is 3.22. The van der Waals surface area contributed by atoms with Gasteiger partial charge in [-0.1, -0.05) is 6.07 Å². The summed E-state index contributed by atoms with van der Waals surface area (Å²) in [5, 5.41) is 0. The fourth-order valence-corrected chi connectivity index (χ4v) is 2.44. The first-order valence-electron chi connectivity index (χ1n) is 6.83. The second-order valence-electron chi connectivity index (χ2n) is 4.98. The van der Waals surface area contributed by atoms with Crippen molar-refractivity contribution in [3.05, 3.63) is 23.8 Å². The largest absolute Gasteiger partial charge is 0.493 e. The minimum Gasteiger partial charge on any atom is -0.493 e. The van der Waals surface area contributed by atoms with Crippen LogP contribution in [0.1, 0.15) is 36.0 Å². The Balaban J connectivity index is 2.22. The Morgan fingerprint density at radius 3 is 2.50 bits per heavy atom. The Kier molecular flexibility index (Phi) is 4.84. The van der Waals surface area contributed by atoms with E-state index < -0.39 is 5.97 Å². The van der Waals surface area contributed by atoms with E-state index in [1.807, 2.05) is 0 Å². The summed E-state index contributed by atoms with van der Waals surface area (Å²) in [5.74, 6) is 0.580. The molecule has 0 amide bonds. The predicted molar refractivity (Wildman–Crippen MR) is 75.2 cm³/mol. The summed E-state index contributed by atoms with van der Waals surface area (Å²) in [5.41, 5.74) is 6.28.